The Labute approximate surface area is 185 Å². The lowest BCUT2D eigenvalue weighted by Gasteiger charge is -2.16. The van der Waals surface area contributed by atoms with Gasteiger partial charge < -0.3 is 0 Å². The average molecular weight is 537 g/mol. The van der Waals surface area contributed by atoms with Gasteiger partial charge in [0.15, 0.2) is 0 Å². The topological polar surface area (TPSA) is 110 Å². The Hall–Kier alpha value is -1.39. The molecular formula is C16H26F6N2O5S3. The molecule has 0 bridgehead atoms. The fourth-order valence-electron chi connectivity index (χ4n) is 1.69. The van der Waals surface area contributed by atoms with Gasteiger partial charge in [0.1, 0.15) is 0 Å². The van der Waals surface area contributed by atoms with Crippen molar-refractivity contribution in [3.63, 3.8) is 0 Å². The highest BCUT2D eigenvalue weighted by molar-refractivity contribution is 8.10. The Morgan fingerprint density at radius 3 is 1.56 bits per heavy atom. The fourth-order valence-corrected chi connectivity index (χ4v) is 6.32. The molecule has 0 amide bonds. The summed E-state index contributed by atoms with van der Waals surface area (Å²) in [6.07, 6.45) is 0.653. The zero-order valence-electron chi connectivity index (χ0n) is 18.1. The summed E-state index contributed by atoms with van der Waals surface area (Å²) in [6.45, 7) is 11.6. The molecule has 190 valence electrons. The van der Waals surface area contributed by atoms with Crippen LogP contribution in [-0.2, 0) is 30.0 Å². The van der Waals surface area contributed by atoms with Crippen molar-refractivity contribution in [3.8, 4) is 0 Å². The Bertz CT molecular complexity index is 1040. The van der Waals surface area contributed by atoms with Crippen LogP contribution in [0.5, 0.6) is 0 Å². The number of nitrogens with zero attached hydrogens (tertiary/aromatic N) is 1. The molecule has 1 N–H and O–H groups in total. The standard InChI is InChI=1S/C12H14F6N2O5S3.2C2H6/c1-3-8(2)9-4-6-10(7-5-9)26(21,22)19-27(23,11(13,14)15)20-28(24,25)12(16,17)18;2*1-2/h4-8H,3H2,1-2H3,(H,19,20,23);2*1-2H3. The van der Waals surface area contributed by atoms with E-state index in [4.69, 9.17) is 0 Å². The highest BCUT2D eigenvalue weighted by Gasteiger charge is 2.53. The summed E-state index contributed by atoms with van der Waals surface area (Å²) in [5.41, 5.74) is -12.0. The van der Waals surface area contributed by atoms with Crippen LogP contribution in [0.3, 0.4) is 0 Å². The molecule has 0 heterocycles. The van der Waals surface area contributed by atoms with Crippen LogP contribution in [0, 0.1) is 0 Å². The minimum Gasteiger partial charge on any atom is -0.222 e. The average Bonchev–Trinajstić information content (AvgIpc) is 2.68. The van der Waals surface area contributed by atoms with Crippen LogP contribution in [-0.4, -0.2) is 32.1 Å². The van der Waals surface area contributed by atoms with Crippen LogP contribution < -0.4 is 4.13 Å². The maximum atomic E-state index is 13.0. The van der Waals surface area contributed by atoms with Gasteiger partial charge in [0.05, 0.1) is 4.90 Å². The van der Waals surface area contributed by atoms with Gasteiger partial charge in [-0.25, -0.2) is 12.6 Å². The van der Waals surface area contributed by atoms with Crippen molar-refractivity contribution in [2.75, 3.05) is 0 Å². The zero-order chi connectivity index (χ0) is 26.2. The summed E-state index contributed by atoms with van der Waals surface area (Å²) in [4.78, 5) is -0.879. The second-order valence-corrected chi connectivity index (χ2v) is 11.1. The SMILES string of the molecule is CC.CC.CCC(C)c1ccc(S(=O)(=O)NS(=O)(=NS(=O)(=O)C(F)(F)F)C(F)(F)F)cc1. The van der Waals surface area contributed by atoms with Gasteiger partial charge >= 0.3 is 21.0 Å². The van der Waals surface area contributed by atoms with Crippen molar-refractivity contribution in [2.24, 2.45) is 3.77 Å². The van der Waals surface area contributed by atoms with Crippen molar-refractivity contribution >= 4 is 30.0 Å². The highest BCUT2D eigenvalue weighted by atomic mass is 32.3. The maximum Gasteiger partial charge on any atom is 0.519 e. The summed E-state index contributed by atoms with van der Waals surface area (Å²) >= 11 is 0. The summed E-state index contributed by atoms with van der Waals surface area (Å²) in [7, 11) is -18.9. The van der Waals surface area contributed by atoms with E-state index in [0.29, 0.717) is 16.1 Å². The molecule has 2 unspecified atom stereocenters. The van der Waals surface area contributed by atoms with Gasteiger partial charge in [0.2, 0.25) is 9.92 Å². The molecule has 1 aromatic carbocycles. The van der Waals surface area contributed by atoms with Crippen LogP contribution in [0.1, 0.15) is 59.4 Å². The Morgan fingerprint density at radius 1 is 0.844 bits per heavy atom. The third-order valence-corrected chi connectivity index (χ3v) is 8.92. The van der Waals surface area contributed by atoms with Crippen molar-refractivity contribution in [3.05, 3.63) is 29.8 Å². The first-order valence-corrected chi connectivity index (χ1v) is 13.6. The number of rotatable bonds is 6. The lowest BCUT2D eigenvalue weighted by molar-refractivity contribution is -0.0443. The molecule has 1 rings (SSSR count). The van der Waals surface area contributed by atoms with Gasteiger partial charge in [-0.15, -0.1) is 4.13 Å². The van der Waals surface area contributed by atoms with E-state index in [-0.39, 0.29) is 5.92 Å². The molecule has 32 heavy (non-hydrogen) atoms. The van der Waals surface area contributed by atoms with E-state index in [9.17, 15) is 47.4 Å². The van der Waals surface area contributed by atoms with Crippen molar-refractivity contribution in [2.45, 2.75) is 69.8 Å². The van der Waals surface area contributed by atoms with E-state index in [1.165, 1.54) is 15.9 Å². The van der Waals surface area contributed by atoms with Gasteiger partial charge in [0.25, 0.3) is 10.0 Å². The van der Waals surface area contributed by atoms with Crippen molar-refractivity contribution in [1.82, 2.24) is 4.13 Å². The van der Waals surface area contributed by atoms with Gasteiger partial charge in [-0.3, -0.25) is 0 Å². The van der Waals surface area contributed by atoms with E-state index >= 15 is 0 Å². The predicted octanol–water partition coefficient (Wildman–Crippen LogP) is 5.28. The van der Waals surface area contributed by atoms with Crippen LogP contribution in [0.15, 0.2) is 32.9 Å². The number of benzene rings is 1. The Balaban J connectivity index is 0. The molecular weight excluding hydrogens is 510 g/mol. The minimum absolute atomic E-state index is 0.0314. The quantitative estimate of drug-likeness (QED) is 0.498. The first-order chi connectivity index (χ1) is 14.4. The molecule has 0 aromatic heterocycles. The molecule has 0 radical (unpaired) electrons. The third kappa shape index (κ3) is 8.51. The number of alkyl halides is 6. The van der Waals surface area contributed by atoms with Crippen LogP contribution in [0.25, 0.3) is 0 Å². The van der Waals surface area contributed by atoms with Crippen LogP contribution >= 0.6 is 0 Å². The van der Waals surface area contributed by atoms with Crippen LogP contribution in [0.2, 0.25) is 0 Å². The van der Waals surface area contributed by atoms with Gasteiger partial charge in [-0.2, -0.15) is 34.8 Å². The molecule has 0 aliphatic rings. The molecule has 0 fully saturated rings. The Kier molecular flexibility index (Phi) is 12.5. The number of hydrogen-bond acceptors (Lipinski definition) is 5. The summed E-state index contributed by atoms with van der Waals surface area (Å²) in [5, 5.41) is 0. The maximum absolute atomic E-state index is 13.0. The minimum atomic E-state index is -6.91. The zero-order valence-corrected chi connectivity index (χ0v) is 20.5. The van der Waals surface area contributed by atoms with Crippen molar-refractivity contribution in [1.29, 1.82) is 0 Å². The molecule has 0 aliphatic carbocycles. The lowest BCUT2D eigenvalue weighted by atomic mass is 9.99. The molecule has 0 aliphatic heterocycles. The van der Waals surface area contributed by atoms with E-state index in [2.05, 4.69) is 0 Å². The number of sulfonamides is 2. The predicted molar refractivity (Wildman–Crippen MR) is 110 cm³/mol. The van der Waals surface area contributed by atoms with E-state index in [0.717, 1.165) is 12.1 Å². The van der Waals surface area contributed by atoms with Crippen molar-refractivity contribution < 1.29 is 47.4 Å². The molecule has 0 saturated carbocycles. The summed E-state index contributed by atoms with van der Waals surface area (Å²) in [6, 6.07) is 4.14. The van der Waals surface area contributed by atoms with Crippen LogP contribution in [0.4, 0.5) is 26.3 Å². The molecule has 7 nitrogen and oxygen atoms in total. The second-order valence-electron chi connectivity index (χ2n) is 5.43. The van der Waals surface area contributed by atoms with E-state index < -0.39 is 45.9 Å². The number of nitrogens with one attached hydrogen (secondary N) is 1. The van der Waals surface area contributed by atoms with E-state index in [1.54, 1.807) is 6.92 Å². The normalized spacial score (nSPS) is 15.2. The van der Waals surface area contributed by atoms with Gasteiger partial charge in [0, 0.05) is 0 Å². The number of hydrogen-bond donors (Lipinski definition) is 1. The summed E-state index contributed by atoms with van der Waals surface area (Å²) in [5.74, 6) is -0.0314. The molecule has 1 aromatic rings. The second kappa shape index (κ2) is 12.2. The third-order valence-electron chi connectivity index (χ3n) is 3.40. The first kappa shape index (κ1) is 32.8. The van der Waals surface area contributed by atoms with E-state index in [1.807, 2.05) is 34.6 Å². The largest absolute Gasteiger partial charge is 0.519 e. The lowest BCUT2D eigenvalue weighted by Crippen LogP contribution is -2.41. The summed E-state index contributed by atoms with van der Waals surface area (Å²) < 4.78 is 135. The molecule has 16 heteroatoms. The molecule has 0 saturated heterocycles. The Morgan fingerprint density at radius 2 is 1.25 bits per heavy atom. The number of halogens is 6. The highest BCUT2D eigenvalue weighted by Crippen LogP contribution is 2.32. The molecule has 2 atom stereocenters. The first-order valence-electron chi connectivity index (χ1n) is 9.16. The van der Waals surface area contributed by atoms with Gasteiger partial charge in [-0.05, 0) is 30.0 Å². The van der Waals surface area contributed by atoms with Gasteiger partial charge in [-0.1, -0.05) is 57.4 Å². The smallest absolute Gasteiger partial charge is 0.222 e. The monoisotopic (exact) mass is 536 g/mol. The molecule has 0 spiro atoms. The fraction of sp³-hybridized carbons (Fsp3) is 0.625.